The molecule has 10 heteroatoms. The van der Waals surface area contributed by atoms with Crippen LogP contribution in [0.15, 0.2) is 53.5 Å². The van der Waals surface area contributed by atoms with E-state index in [1.54, 1.807) is 24.3 Å². The lowest BCUT2D eigenvalue weighted by Crippen LogP contribution is -2.24. The number of methoxy groups -OCH3 is 1. The third-order valence-electron chi connectivity index (χ3n) is 5.02. The van der Waals surface area contributed by atoms with Crippen LogP contribution in [0.1, 0.15) is 5.56 Å². The number of anilines is 1. The summed E-state index contributed by atoms with van der Waals surface area (Å²) < 4.78 is 36.5. The minimum Gasteiger partial charge on any atom is -0.497 e. The van der Waals surface area contributed by atoms with Crippen LogP contribution in [-0.4, -0.2) is 46.3 Å². The van der Waals surface area contributed by atoms with Gasteiger partial charge in [-0.2, -0.15) is 4.98 Å². The van der Waals surface area contributed by atoms with Gasteiger partial charge in [0.1, 0.15) is 22.9 Å². The van der Waals surface area contributed by atoms with E-state index in [1.807, 2.05) is 7.05 Å². The molecule has 0 saturated heterocycles. The molecule has 0 aliphatic rings. The average Bonchev–Trinajstić information content (AvgIpc) is 3.07. The zero-order chi connectivity index (χ0) is 22.7. The predicted octanol–water partition coefficient (Wildman–Crippen LogP) is 2.55. The maximum Gasteiger partial charge on any atom is 0.335 e. The molecule has 2 heterocycles. The van der Waals surface area contributed by atoms with Crippen LogP contribution < -0.4 is 21.1 Å². The van der Waals surface area contributed by atoms with Crippen LogP contribution in [0.2, 0.25) is 0 Å². The van der Waals surface area contributed by atoms with Gasteiger partial charge in [-0.1, -0.05) is 12.1 Å². The van der Waals surface area contributed by atoms with Crippen molar-refractivity contribution in [3.05, 3.63) is 76.3 Å². The van der Waals surface area contributed by atoms with Crippen molar-refractivity contribution >= 4 is 17.1 Å². The lowest BCUT2D eigenvalue weighted by molar-refractivity contribution is 0.414. The van der Waals surface area contributed by atoms with Crippen LogP contribution in [0.25, 0.3) is 16.9 Å². The van der Waals surface area contributed by atoms with Gasteiger partial charge in [-0.3, -0.25) is 4.57 Å². The van der Waals surface area contributed by atoms with Crippen molar-refractivity contribution in [2.45, 2.75) is 6.54 Å². The van der Waals surface area contributed by atoms with Crippen LogP contribution in [0.4, 0.5) is 14.7 Å². The summed E-state index contributed by atoms with van der Waals surface area (Å²) in [4.78, 5) is 22.2. The first kappa shape index (κ1) is 21.4. The number of rotatable bonds is 8. The van der Waals surface area contributed by atoms with Crippen LogP contribution >= 0.6 is 0 Å². The van der Waals surface area contributed by atoms with Gasteiger partial charge in [-0.15, -0.1) is 0 Å². The molecule has 0 unspecified atom stereocenters. The molecule has 0 atom stereocenters. The average molecular weight is 440 g/mol. The molecule has 2 N–H and O–H groups in total. The van der Waals surface area contributed by atoms with Gasteiger partial charge >= 0.3 is 5.69 Å². The smallest absolute Gasteiger partial charge is 0.335 e. The van der Waals surface area contributed by atoms with E-state index < -0.39 is 17.3 Å². The highest BCUT2D eigenvalue weighted by Gasteiger charge is 2.20. The summed E-state index contributed by atoms with van der Waals surface area (Å²) >= 11 is 0. The van der Waals surface area contributed by atoms with Gasteiger partial charge in [0.25, 0.3) is 0 Å². The monoisotopic (exact) mass is 440 g/mol. The highest BCUT2D eigenvalue weighted by atomic mass is 19.1. The highest BCUT2D eigenvalue weighted by Crippen LogP contribution is 2.22. The molecule has 0 aliphatic heterocycles. The standard InChI is InChI=1S/C22H22F2N6O2/c1-25-9-10-26-21-27-12-19-20(28-21)30(14-5-3-6-15(11-14)32-2)22(31)29(19)13-16-17(23)7-4-8-18(16)24/h3-8,11-12,25H,9-10,13H2,1-2H3,(H,26,27,28). The Morgan fingerprint density at radius 3 is 2.56 bits per heavy atom. The fraction of sp³-hybridized carbons (Fsp3) is 0.227. The van der Waals surface area contributed by atoms with Crippen molar-refractivity contribution in [2.75, 3.05) is 32.6 Å². The van der Waals surface area contributed by atoms with E-state index in [2.05, 4.69) is 20.6 Å². The lowest BCUT2D eigenvalue weighted by Gasteiger charge is -2.07. The number of nitrogens with zero attached hydrogens (tertiary/aromatic N) is 4. The molecule has 4 rings (SSSR count). The van der Waals surface area contributed by atoms with E-state index in [-0.39, 0.29) is 12.1 Å². The molecule has 166 valence electrons. The second-order valence-corrected chi connectivity index (χ2v) is 7.04. The van der Waals surface area contributed by atoms with Crippen molar-refractivity contribution in [2.24, 2.45) is 0 Å². The molecule has 0 aliphatic carbocycles. The number of hydrogen-bond acceptors (Lipinski definition) is 6. The van der Waals surface area contributed by atoms with Crippen LogP contribution in [0.3, 0.4) is 0 Å². The van der Waals surface area contributed by atoms with Gasteiger partial charge in [0.2, 0.25) is 5.95 Å². The summed E-state index contributed by atoms with van der Waals surface area (Å²) in [6.07, 6.45) is 1.47. The Bertz CT molecular complexity index is 1300. The molecule has 4 aromatic rings. The van der Waals surface area contributed by atoms with Gasteiger partial charge < -0.3 is 15.4 Å². The van der Waals surface area contributed by atoms with Gasteiger partial charge in [-0.05, 0) is 31.3 Å². The molecule has 32 heavy (non-hydrogen) atoms. The van der Waals surface area contributed by atoms with Crippen molar-refractivity contribution in [3.8, 4) is 11.4 Å². The Morgan fingerprint density at radius 1 is 1.09 bits per heavy atom. The highest BCUT2D eigenvalue weighted by molar-refractivity contribution is 5.74. The molecule has 2 aromatic carbocycles. The van der Waals surface area contributed by atoms with E-state index in [9.17, 15) is 13.6 Å². The SMILES string of the molecule is CNCCNc1ncc2c(n1)n(-c1cccc(OC)c1)c(=O)n2Cc1c(F)cccc1F. The Kier molecular flexibility index (Phi) is 6.13. The number of likely N-dealkylation sites (N-methyl/N-ethyl adjacent to an activating group) is 1. The van der Waals surface area contributed by atoms with Crippen molar-refractivity contribution < 1.29 is 13.5 Å². The Morgan fingerprint density at radius 2 is 1.84 bits per heavy atom. The number of halogens is 2. The van der Waals surface area contributed by atoms with Gasteiger partial charge in [0, 0.05) is 24.7 Å². The Balaban J connectivity index is 1.90. The molecule has 0 saturated carbocycles. The molecule has 8 nitrogen and oxygen atoms in total. The molecule has 0 fully saturated rings. The van der Waals surface area contributed by atoms with Gasteiger partial charge in [0.15, 0.2) is 5.65 Å². The second-order valence-electron chi connectivity index (χ2n) is 7.04. The summed E-state index contributed by atoms with van der Waals surface area (Å²) in [7, 11) is 3.35. The summed E-state index contributed by atoms with van der Waals surface area (Å²) in [6.45, 7) is 0.963. The maximum atomic E-state index is 14.3. The summed E-state index contributed by atoms with van der Waals surface area (Å²) in [5, 5.41) is 6.10. The molecule has 2 aromatic heterocycles. The molecule has 0 spiro atoms. The number of fused-ring (bicyclic) bond motifs is 1. The number of hydrogen-bond donors (Lipinski definition) is 2. The number of nitrogens with one attached hydrogen (secondary N) is 2. The van der Waals surface area contributed by atoms with E-state index in [4.69, 9.17) is 4.74 Å². The van der Waals surface area contributed by atoms with Crippen LogP contribution in [0, 0.1) is 11.6 Å². The minimum atomic E-state index is -0.731. The molecule has 0 amide bonds. The first-order valence-electron chi connectivity index (χ1n) is 9.97. The summed E-state index contributed by atoms with van der Waals surface area (Å²) in [5.41, 5.74) is 0.446. The number of ether oxygens (including phenoxy) is 1. The predicted molar refractivity (Wildman–Crippen MR) is 118 cm³/mol. The Hall–Kier alpha value is -3.79. The van der Waals surface area contributed by atoms with E-state index >= 15 is 0 Å². The Labute approximate surface area is 182 Å². The van der Waals surface area contributed by atoms with Gasteiger partial charge in [-0.25, -0.2) is 23.1 Å². The first-order valence-corrected chi connectivity index (χ1v) is 9.97. The van der Waals surface area contributed by atoms with Crippen LogP contribution in [0.5, 0.6) is 5.75 Å². The maximum absolute atomic E-state index is 14.3. The van der Waals surface area contributed by atoms with E-state index in [0.29, 0.717) is 41.6 Å². The third kappa shape index (κ3) is 4.04. The zero-order valence-electron chi connectivity index (χ0n) is 17.6. The normalized spacial score (nSPS) is 11.1. The summed E-state index contributed by atoms with van der Waals surface area (Å²) in [6, 6.07) is 10.5. The van der Waals surface area contributed by atoms with Crippen molar-refractivity contribution in [1.82, 2.24) is 24.4 Å². The van der Waals surface area contributed by atoms with Crippen molar-refractivity contribution in [3.63, 3.8) is 0 Å². The molecular weight excluding hydrogens is 418 g/mol. The van der Waals surface area contributed by atoms with Gasteiger partial charge in [0.05, 0.1) is 25.5 Å². The zero-order valence-corrected chi connectivity index (χ0v) is 17.6. The van der Waals surface area contributed by atoms with E-state index in [1.165, 1.54) is 28.5 Å². The largest absolute Gasteiger partial charge is 0.497 e. The number of benzene rings is 2. The first-order chi connectivity index (χ1) is 15.5. The fourth-order valence-electron chi connectivity index (χ4n) is 3.40. The third-order valence-corrected chi connectivity index (χ3v) is 5.02. The molecular formula is C22H22F2N6O2. The summed E-state index contributed by atoms with van der Waals surface area (Å²) in [5.74, 6) is -0.577. The molecule has 0 bridgehead atoms. The fourth-order valence-corrected chi connectivity index (χ4v) is 3.40. The minimum absolute atomic E-state index is 0.212. The van der Waals surface area contributed by atoms with Crippen molar-refractivity contribution in [1.29, 1.82) is 0 Å². The quantitative estimate of drug-likeness (QED) is 0.410. The molecule has 0 radical (unpaired) electrons. The lowest BCUT2D eigenvalue weighted by atomic mass is 10.2. The number of imidazole rings is 1. The topological polar surface area (TPSA) is 86.0 Å². The second kappa shape index (κ2) is 9.15. The van der Waals surface area contributed by atoms with E-state index in [0.717, 1.165) is 12.1 Å². The number of aromatic nitrogens is 4. The van der Waals surface area contributed by atoms with Crippen LogP contribution in [-0.2, 0) is 6.54 Å².